The molecule has 0 fully saturated rings. The normalized spacial score (nSPS) is 11.7. The highest BCUT2D eigenvalue weighted by molar-refractivity contribution is 6.11. The number of nitrogens with one attached hydrogen (secondary N) is 1. The summed E-state index contributed by atoms with van der Waals surface area (Å²) in [5, 5.41) is 32.0. The average Bonchev–Trinajstić information content (AvgIpc) is 3.10. The summed E-state index contributed by atoms with van der Waals surface area (Å²) in [6.07, 6.45) is 0. The van der Waals surface area contributed by atoms with Gasteiger partial charge in [-0.1, -0.05) is 24.3 Å². The minimum Gasteiger partial charge on any atom is -0.493 e. The van der Waals surface area contributed by atoms with E-state index < -0.39 is 10.9 Å². The van der Waals surface area contributed by atoms with Crippen LogP contribution in [0, 0.1) is 10.1 Å². The van der Waals surface area contributed by atoms with Crippen LogP contribution in [0.25, 0.3) is 27.5 Å². The number of esters is 1. The molecule has 0 radical (unpaired) electrons. The van der Waals surface area contributed by atoms with E-state index in [1.807, 2.05) is 36.4 Å². The van der Waals surface area contributed by atoms with Crippen LogP contribution in [0.5, 0.6) is 5.88 Å². The fourth-order valence-electron chi connectivity index (χ4n) is 3.88. The third-order valence-electron chi connectivity index (χ3n) is 5.30. The molecule has 0 amide bonds. The number of rotatable bonds is 5. The number of ether oxygens (including phenoxy) is 1. The highest BCUT2D eigenvalue weighted by Gasteiger charge is 2.27. The molecule has 0 aliphatic rings. The number of fused-ring (bicyclic) bond motifs is 2. The van der Waals surface area contributed by atoms with Crippen molar-refractivity contribution < 1.29 is 19.6 Å². The van der Waals surface area contributed by atoms with E-state index in [0.29, 0.717) is 16.9 Å². The molecule has 0 spiro atoms. The molecule has 164 valence electrons. The number of H-pyrrole nitrogens is 1. The Bertz CT molecular complexity index is 1580. The van der Waals surface area contributed by atoms with E-state index in [0.717, 1.165) is 16.3 Å². The van der Waals surface area contributed by atoms with Gasteiger partial charge in [0.1, 0.15) is 11.2 Å². The highest BCUT2D eigenvalue weighted by atomic mass is 16.6. The van der Waals surface area contributed by atoms with Gasteiger partial charge in [-0.3, -0.25) is 14.5 Å². The van der Waals surface area contributed by atoms with Crippen molar-refractivity contribution in [3.63, 3.8) is 0 Å². The van der Waals surface area contributed by atoms with Crippen LogP contribution in [-0.4, -0.2) is 32.0 Å². The van der Waals surface area contributed by atoms with Crippen molar-refractivity contribution in [2.45, 2.75) is 6.92 Å². The van der Waals surface area contributed by atoms with Gasteiger partial charge in [-0.25, -0.2) is 4.79 Å². The molecule has 0 atom stereocenters. The number of hydrogen-bond acceptors (Lipinski definition) is 7. The lowest BCUT2D eigenvalue weighted by atomic mass is 10.1. The van der Waals surface area contributed by atoms with Crippen LogP contribution in [0.3, 0.4) is 0 Å². The van der Waals surface area contributed by atoms with Crippen LogP contribution in [0.2, 0.25) is 0 Å². The molecule has 0 unspecified atom stereocenters. The largest absolute Gasteiger partial charge is 0.493 e. The molecule has 10 nitrogen and oxygen atoms in total. The van der Waals surface area contributed by atoms with Crippen LogP contribution in [0.15, 0.2) is 70.9 Å². The third-order valence-corrected chi connectivity index (χ3v) is 5.30. The van der Waals surface area contributed by atoms with Crippen molar-refractivity contribution in [1.29, 1.82) is 0 Å². The number of nitrogens with zero attached hydrogens (tertiary/aromatic N) is 4. The number of carbonyl (C=O) groups is 1. The standard InChI is InChI=1S/C23H17N5O5/c1-2-33-23(30)19-20(26-25-14-9-11-15(12-10-14)28(31)32)22(29)27-17-8-4-6-13-5-3-7-16(18(13)17)24-21(19)27/h3-12,24,29H,2H2,1H3. The van der Waals surface area contributed by atoms with E-state index in [4.69, 9.17) is 4.74 Å². The molecule has 10 heteroatoms. The lowest BCUT2D eigenvalue weighted by Crippen LogP contribution is -2.05. The van der Waals surface area contributed by atoms with Gasteiger partial charge >= 0.3 is 5.97 Å². The number of nitro groups is 1. The fraction of sp³-hybridized carbons (Fsp3) is 0.0870. The number of non-ortho nitro benzene ring substituents is 1. The zero-order chi connectivity index (χ0) is 23.1. The van der Waals surface area contributed by atoms with E-state index in [-0.39, 0.29) is 29.4 Å². The Kier molecular flexibility index (Phi) is 4.74. The summed E-state index contributed by atoms with van der Waals surface area (Å²) < 4.78 is 6.73. The molecular weight excluding hydrogens is 426 g/mol. The van der Waals surface area contributed by atoms with E-state index >= 15 is 0 Å². The molecule has 33 heavy (non-hydrogen) atoms. The molecule has 0 saturated carbocycles. The van der Waals surface area contributed by atoms with E-state index in [9.17, 15) is 20.0 Å². The first-order chi connectivity index (χ1) is 16.0. The Morgan fingerprint density at radius 1 is 1.12 bits per heavy atom. The number of nitro benzene ring substituents is 1. The topological polar surface area (TPSA) is 135 Å². The van der Waals surface area contributed by atoms with Gasteiger partial charge < -0.3 is 14.8 Å². The smallest absolute Gasteiger partial charge is 0.344 e. The molecule has 0 aliphatic carbocycles. The van der Waals surface area contributed by atoms with Crippen LogP contribution in [0.1, 0.15) is 17.3 Å². The third kappa shape index (κ3) is 3.24. The molecular formula is C23H17N5O5. The molecule has 3 aromatic carbocycles. The molecule has 2 N–H and O–H groups in total. The van der Waals surface area contributed by atoms with Gasteiger partial charge in [0.2, 0.25) is 5.88 Å². The van der Waals surface area contributed by atoms with Crippen molar-refractivity contribution in [2.75, 3.05) is 6.61 Å². The molecule has 0 bridgehead atoms. The van der Waals surface area contributed by atoms with Crippen LogP contribution < -0.4 is 0 Å². The SMILES string of the molecule is CCOC(=O)c1c(N=Nc2ccc([N+](=O)[O-])cc2)c(O)n2c1[nH]c1cccc3cccc2c31. The number of aromatic hydroxyl groups is 1. The Hall–Kier alpha value is -4.73. The number of hydrogen-bond donors (Lipinski definition) is 2. The Labute approximate surface area is 185 Å². The fourth-order valence-corrected chi connectivity index (χ4v) is 3.88. The van der Waals surface area contributed by atoms with Gasteiger partial charge in [0.05, 0.1) is 22.7 Å². The Morgan fingerprint density at radius 3 is 2.55 bits per heavy atom. The lowest BCUT2D eigenvalue weighted by Gasteiger charge is -2.10. The zero-order valence-corrected chi connectivity index (χ0v) is 17.3. The second-order valence-electron chi connectivity index (χ2n) is 7.23. The Balaban J connectivity index is 1.77. The van der Waals surface area contributed by atoms with E-state index in [1.165, 1.54) is 28.7 Å². The molecule has 0 aliphatic heterocycles. The predicted molar refractivity (Wildman–Crippen MR) is 122 cm³/mol. The molecule has 2 heterocycles. The summed E-state index contributed by atoms with van der Waals surface area (Å²) in [5.41, 5.74) is 1.96. The lowest BCUT2D eigenvalue weighted by molar-refractivity contribution is -0.384. The first-order valence-electron chi connectivity index (χ1n) is 10.1. The van der Waals surface area contributed by atoms with Crippen molar-refractivity contribution in [3.8, 4) is 5.88 Å². The van der Waals surface area contributed by atoms with Gasteiger partial charge in [0.15, 0.2) is 5.69 Å². The molecule has 2 aromatic heterocycles. The number of benzene rings is 3. The van der Waals surface area contributed by atoms with E-state index in [1.54, 1.807) is 6.92 Å². The maximum atomic E-state index is 12.9. The van der Waals surface area contributed by atoms with Crippen LogP contribution in [-0.2, 0) is 4.74 Å². The van der Waals surface area contributed by atoms with Crippen LogP contribution in [0.4, 0.5) is 17.1 Å². The van der Waals surface area contributed by atoms with E-state index in [2.05, 4.69) is 15.2 Å². The van der Waals surface area contributed by atoms with Crippen molar-refractivity contribution in [1.82, 2.24) is 9.38 Å². The second kappa shape index (κ2) is 7.75. The summed E-state index contributed by atoms with van der Waals surface area (Å²) in [6, 6.07) is 16.8. The molecule has 5 aromatic rings. The van der Waals surface area contributed by atoms with Gasteiger partial charge in [0, 0.05) is 23.0 Å². The Morgan fingerprint density at radius 2 is 1.85 bits per heavy atom. The number of azo groups is 1. The van der Waals surface area contributed by atoms with Gasteiger partial charge in [-0.15, -0.1) is 5.11 Å². The summed E-state index contributed by atoms with van der Waals surface area (Å²) in [5.74, 6) is -0.952. The van der Waals surface area contributed by atoms with Crippen molar-refractivity contribution in [2.24, 2.45) is 10.2 Å². The summed E-state index contributed by atoms with van der Waals surface area (Å²) >= 11 is 0. The minimum absolute atomic E-state index is 0.0338. The first-order valence-corrected chi connectivity index (χ1v) is 10.1. The number of aromatic nitrogens is 2. The summed E-state index contributed by atoms with van der Waals surface area (Å²) in [4.78, 5) is 26.4. The number of aromatic amines is 1. The monoisotopic (exact) mass is 443 g/mol. The maximum Gasteiger partial charge on any atom is 0.344 e. The quantitative estimate of drug-likeness (QED) is 0.154. The van der Waals surface area contributed by atoms with Gasteiger partial charge in [-0.05, 0) is 36.6 Å². The maximum absolute atomic E-state index is 12.9. The van der Waals surface area contributed by atoms with Gasteiger partial charge in [-0.2, -0.15) is 5.11 Å². The minimum atomic E-state index is -0.668. The summed E-state index contributed by atoms with van der Waals surface area (Å²) in [6.45, 7) is 1.82. The average molecular weight is 443 g/mol. The van der Waals surface area contributed by atoms with Crippen molar-refractivity contribution >= 4 is 50.5 Å². The first kappa shape index (κ1) is 20.2. The second-order valence-corrected chi connectivity index (χ2v) is 7.23. The van der Waals surface area contributed by atoms with Crippen molar-refractivity contribution in [3.05, 3.63) is 76.3 Å². The predicted octanol–water partition coefficient (Wildman–Crippen LogP) is 5.78. The zero-order valence-electron chi connectivity index (χ0n) is 17.3. The number of carbonyl (C=O) groups excluding carboxylic acids is 1. The highest BCUT2D eigenvalue weighted by Crippen LogP contribution is 2.41. The molecule has 5 rings (SSSR count). The summed E-state index contributed by atoms with van der Waals surface area (Å²) in [7, 11) is 0. The molecule has 0 saturated heterocycles. The van der Waals surface area contributed by atoms with Gasteiger partial charge in [0.25, 0.3) is 5.69 Å². The van der Waals surface area contributed by atoms with Crippen LogP contribution >= 0.6 is 0 Å².